The minimum atomic E-state index is 0.144. The first-order valence-electron chi connectivity index (χ1n) is 7.28. The Balaban J connectivity index is 1.75. The Kier molecular flexibility index (Phi) is 5.26. The monoisotopic (exact) mass is 279 g/mol. The highest BCUT2D eigenvalue weighted by atomic mass is 16.7. The Hall–Kier alpha value is -1.26. The maximum Gasteiger partial charge on any atom is 0.231 e. The van der Waals surface area contributed by atoms with Gasteiger partial charge in [-0.25, -0.2) is 0 Å². The minimum absolute atomic E-state index is 0.144. The second-order valence-corrected chi connectivity index (χ2v) is 6.02. The predicted molar refractivity (Wildman–Crippen MR) is 79.2 cm³/mol. The molecule has 1 N–H and O–H groups in total. The van der Waals surface area contributed by atoms with Crippen molar-refractivity contribution in [2.24, 2.45) is 5.41 Å². The molecule has 2 rings (SSSR count). The van der Waals surface area contributed by atoms with Crippen LogP contribution in [0.25, 0.3) is 0 Å². The Labute approximate surface area is 121 Å². The standard InChI is InChI=1S/C16H25NO3/c1-4-7-17-10-16(2,3)11-18-9-13-5-6-14-15(8-13)20-12-19-14/h5-6,8,17H,4,7,9-12H2,1-3H3. The van der Waals surface area contributed by atoms with Crippen molar-refractivity contribution in [3.8, 4) is 11.5 Å². The van der Waals surface area contributed by atoms with Gasteiger partial charge in [0.05, 0.1) is 13.2 Å². The van der Waals surface area contributed by atoms with Gasteiger partial charge in [-0.3, -0.25) is 0 Å². The van der Waals surface area contributed by atoms with E-state index in [0.717, 1.165) is 43.2 Å². The van der Waals surface area contributed by atoms with Gasteiger partial charge in [-0.1, -0.05) is 26.8 Å². The van der Waals surface area contributed by atoms with Crippen LogP contribution >= 0.6 is 0 Å². The van der Waals surface area contributed by atoms with E-state index >= 15 is 0 Å². The van der Waals surface area contributed by atoms with E-state index < -0.39 is 0 Å². The van der Waals surface area contributed by atoms with Crippen LogP contribution in [-0.4, -0.2) is 26.5 Å². The third-order valence-electron chi connectivity index (χ3n) is 3.23. The zero-order chi connectivity index (χ0) is 14.4. The topological polar surface area (TPSA) is 39.7 Å². The van der Waals surface area contributed by atoms with Gasteiger partial charge < -0.3 is 19.5 Å². The molecule has 1 aliphatic heterocycles. The second-order valence-electron chi connectivity index (χ2n) is 6.02. The van der Waals surface area contributed by atoms with Crippen LogP contribution in [-0.2, 0) is 11.3 Å². The molecule has 0 aliphatic carbocycles. The maximum atomic E-state index is 5.84. The molecule has 112 valence electrons. The van der Waals surface area contributed by atoms with Crippen molar-refractivity contribution in [1.29, 1.82) is 0 Å². The summed E-state index contributed by atoms with van der Waals surface area (Å²) >= 11 is 0. The van der Waals surface area contributed by atoms with Crippen LogP contribution in [0.1, 0.15) is 32.8 Å². The summed E-state index contributed by atoms with van der Waals surface area (Å²) in [5.74, 6) is 1.63. The van der Waals surface area contributed by atoms with Crippen molar-refractivity contribution in [2.75, 3.05) is 26.5 Å². The van der Waals surface area contributed by atoms with E-state index in [-0.39, 0.29) is 5.41 Å². The fourth-order valence-electron chi connectivity index (χ4n) is 2.13. The maximum absolute atomic E-state index is 5.84. The van der Waals surface area contributed by atoms with Gasteiger partial charge in [-0.2, -0.15) is 0 Å². The summed E-state index contributed by atoms with van der Waals surface area (Å²) in [6.45, 7) is 10.3. The zero-order valence-corrected chi connectivity index (χ0v) is 12.7. The summed E-state index contributed by atoms with van der Waals surface area (Å²) in [5, 5.41) is 3.44. The molecule has 1 aromatic carbocycles. The molecule has 0 amide bonds. The van der Waals surface area contributed by atoms with Gasteiger partial charge in [0.25, 0.3) is 0 Å². The fraction of sp³-hybridized carbons (Fsp3) is 0.625. The third kappa shape index (κ3) is 4.39. The smallest absolute Gasteiger partial charge is 0.231 e. The van der Waals surface area contributed by atoms with Crippen molar-refractivity contribution in [3.05, 3.63) is 23.8 Å². The van der Waals surface area contributed by atoms with Crippen molar-refractivity contribution in [3.63, 3.8) is 0 Å². The third-order valence-corrected chi connectivity index (χ3v) is 3.23. The first-order chi connectivity index (χ1) is 9.61. The highest BCUT2D eigenvalue weighted by molar-refractivity contribution is 5.44. The normalized spacial score (nSPS) is 13.8. The minimum Gasteiger partial charge on any atom is -0.454 e. The lowest BCUT2D eigenvalue weighted by atomic mass is 9.95. The highest BCUT2D eigenvalue weighted by Crippen LogP contribution is 2.32. The van der Waals surface area contributed by atoms with E-state index in [4.69, 9.17) is 14.2 Å². The molecule has 20 heavy (non-hydrogen) atoms. The summed E-state index contributed by atoms with van der Waals surface area (Å²) in [7, 11) is 0. The molecule has 4 nitrogen and oxygen atoms in total. The number of ether oxygens (including phenoxy) is 3. The van der Waals surface area contributed by atoms with E-state index in [1.165, 1.54) is 0 Å². The fourth-order valence-corrected chi connectivity index (χ4v) is 2.13. The van der Waals surface area contributed by atoms with E-state index in [2.05, 4.69) is 26.1 Å². The largest absolute Gasteiger partial charge is 0.454 e. The first kappa shape index (κ1) is 15.1. The lowest BCUT2D eigenvalue weighted by Gasteiger charge is -2.24. The molecule has 0 spiro atoms. The Morgan fingerprint density at radius 2 is 2.05 bits per heavy atom. The molecule has 0 unspecified atom stereocenters. The SMILES string of the molecule is CCCNCC(C)(C)COCc1ccc2c(c1)OCO2. The first-order valence-corrected chi connectivity index (χ1v) is 7.28. The molecule has 0 aromatic heterocycles. The molecule has 1 aliphatic rings. The molecule has 0 atom stereocenters. The highest BCUT2D eigenvalue weighted by Gasteiger charge is 2.18. The number of nitrogens with one attached hydrogen (secondary N) is 1. The molecule has 1 heterocycles. The molecule has 0 saturated carbocycles. The van der Waals surface area contributed by atoms with Crippen molar-refractivity contribution in [2.45, 2.75) is 33.8 Å². The second kappa shape index (κ2) is 6.95. The van der Waals surface area contributed by atoms with Crippen LogP contribution < -0.4 is 14.8 Å². The number of hydrogen-bond donors (Lipinski definition) is 1. The van der Waals surface area contributed by atoms with Gasteiger partial charge >= 0.3 is 0 Å². The molecule has 1 aromatic rings. The number of benzene rings is 1. The van der Waals surface area contributed by atoms with Gasteiger partial charge in [0.1, 0.15) is 0 Å². The van der Waals surface area contributed by atoms with Crippen molar-refractivity contribution >= 4 is 0 Å². The van der Waals surface area contributed by atoms with E-state index in [9.17, 15) is 0 Å². The van der Waals surface area contributed by atoms with Crippen molar-refractivity contribution < 1.29 is 14.2 Å². The number of hydrogen-bond acceptors (Lipinski definition) is 4. The average molecular weight is 279 g/mol. The molecule has 0 radical (unpaired) electrons. The number of fused-ring (bicyclic) bond motifs is 1. The van der Waals surface area contributed by atoms with Crippen LogP contribution in [0.15, 0.2) is 18.2 Å². The average Bonchev–Trinajstić information content (AvgIpc) is 2.86. The van der Waals surface area contributed by atoms with Crippen LogP contribution in [0.2, 0.25) is 0 Å². The van der Waals surface area contributed by atoms with E-state index in [1.807, 2.05) is 18.2 Å². The van der Waals surface area contributed by atoms with Crippen LogP contribution in [0.5, 0.6) is 11.5 Å². The lowest BCUT2D eigenvalue weighted by Crippen LogP contribution is -2.33. The van der Waals surface area contributed by atoms with Crippen LogP contribution in [0.3, 0.4) is 0 Å². The van der Waals surface area contributed by atoms with Crippen LogP contribution in [0, 0.1) is 5.41 Å². The van der Waals surface area contributed by atoms with Gasteiger partial charge in [-0.05, 0) is 30.7 Å². The lowest BCUT2D eigenvalue weighted by molar-refractivity contribution is 0.0513. The predicted octanol–water partition coefficient (Wildman–Crippen LogP) is 2.96. The van der Waals surface area contributed by atoms with Gasteiger partial charge in [0, 0.05) is 12.0 Å². The molecule has 0 saturated heterocycles. The van der Waals surface area contributed by atoms with Gasteiger partial charge in [0.15, 0.2) is 11.5 Å². The Morgan fingerprint density at radius 3 is 2.85 bits per heavy atom. The zero-order valence-electron chi connectivity index (χ0n) is 12.7. The quantitative estimate of drug-likeness (QED) is 0.743. The summed E-state index contributed by atoms with van der Waals surface area (Å²) < 4.78 is 16.5. The molecular weight excluding hydrogens is 254 g/mol. The van der Waals surface area contributed by atoms with Crippen molar-refractivity contribution in [1.82, 2.24) is 5.32 Å². The molecular formula is C16H25NO3. The summed E-state index contributed by atoms with van der Waals surface area (Å²) in [6.07, 6.45) is 1.16. The van der Waals surface area contributed by atoms with Gasteiger partial charge in [-0.15, -0.1) is 0 Å². The molecule has 0 fully saturated rings. The molecule has 0 bridgehead atoms. The Bertz CT molecular complexity index is 432. The van der Waals surface area contributed by atoms with E-state index in [1.54, 1.807) is 0 Å². The summed E-state index contributed by atoms with van der Waals surface area (Å²) in [5.41, 5.74) is 1.26. The Morgan fingerprint density at radius 1 is 1.25 bits per heavy atom. The summed E-state index contributed by atoms with van der Waals surface area (Å²) in [4.78, 5) is 0. The number of rotatable bonds is 8. The summed E-state index contributed by atoms with van der Waals surface area (Å²) in [6, 6.07) is 5.95. The van der Waals surface area contributed by atoms with E-state index in [0.29, 0.717) is 13.4 Å². The van der Waals surface area contributed by atoms with Crippen LogP contribution in [0.4, 0.5) is 0 Å². The van der Waals surface area contributed by atoms with Gasteiger partial charge in [0.2, 0.25) is 6.79 Å². The molecule has 4 heteroatoms.